The fourth-order valence-corrected chi connectivity index (χ4v) is 1.47. The molecule has 0 saturated heterocycles. The molecule has 0 aliphatic heterocycles. The van der Waals surface area contributed by atoms with Crippen molar-refractivity contribution in [1.82, 2.24) is 4.98 Å². The minimum absolute atomic E-state index is 0.493. The van der Waals surface area contributed by atoms with Gasteiger partial charge in [0.15, 0.2) is 0 Å². The molecule has 0 amide bonds. The Bertz CT molecular complexity index is 531. The molecule has 1 heterocycles. The van der Waals surface area contributed by atoms with Gasteiger partial charge in [0, 0.05) is 21.5 Å². The van der Waals surface area contributed by atoms with E-state index in [0.717, 1.165) is 5.39 Å². The fraction of sp³-hybridized carbons (Fsp3) is 0. The molecule has 0 spiro atoms. The molecule has 4 nitrogen and oxygen atoms in total. The molecule has 5 heteroatoms. The zero-order valence-electron chi connectivity index (χ0n) is 7.05. The first kappa shape index (κ1) is 8.81. The Kier molecular flexibility index (Phi) is 2.23. The van der Waals surface area contributed by atoms with Crippen molar-refractivity contribution in [2.24, 2.45) is 5.11 Å². The summed E-state index contributed by atoms with van der Waals surface area (Å²) in [7, 11) is 0. The van der Waals surface area contributed by atoms with Crippen LogP contribution in [0.4, 0.5) is 5.69 Å². The molecule has 68 valence electrons. The lowest BCUT2D eigenvalue weighted by atomic mass is 10.2. The first-order valence-electron chi connectivity index (χ1n) is 3.91. The van der Waals surface area contributed by atoms with E-state index in [0.29, 0.717) is 16.2 Å². The highest BCUT2D eigenvalue weighted by Gasteiger charge is 2.02. The Morgan fingerprint density at radius 2 is 2.21 bits per heavy atom. The number of aromatic nitrogens is 1. The number of nitrogens with zero attached hydrogens (tertiary/aromatic N) is 4. The summed E-state index contributed by atoms with van der Waals surface area (Å²) in [5.74, 6) is 0. The van der Waals surface area contributed by atoms with Gasteiger partial charge in [-0.1, -0.05) is 16.7 Å². The Morgan fingerprint density at radius 3 is 3.00 bits per heavy atom. The topological polar surface area (TPSA) is 61.7 Å². The average molecular weight is 205 g/mol. The minimum atomic E-state index is 0.493. The van der Waals surface area contributed by atoms with Crippen LogP contribution in [0, 0.1) is 0 Å². The lowest BCUT2D eigenvalue weighted by molar-refractivity contribution is 1.38. The number of hydrogen-bond acceptors (Lipinski definition) is 2. The van der Waals surface area contributed by atoms with Crippen LogP contribution in [-0.2, 0) is 0 Å². The smallest absolute Gasteiger partial charge is 0.0812 e. The van der Waals surface area contributed by atoms with Crippen molar-refractivity contribution < 1.29 is 0 Å². The van der Waals surface area contributed by atoms with Gasteiger partial charge < -0.3 is 0 Å². The van der Waals surface area contributed by atoms with Gasteiger partial charge in [-0.25, -0.2) is 0 Å². The molecule has 0 radical (unpaired) electrons. The number of pyridine rings is 1. The predicted octanol–water partition coefficient (Wildman–Crippen LogP) is 3.83. The van der Waals surface area contributed by atoms with Crippen LogP contribution in [0.1, 0.15) is 0 Å². The van der Waals surface area contributed by atoms with Gasteiger partial charge in [0.25, 0.3) is 0 Å². The minimum Gasteiger partial charge on any atom is -0.256 e. The third-order valence-corrected chi connectivity index (χ3v) is 2.18. The summed E-state index contributed by atoms with van der Waals surface area (Å²) in [5, 5.41) is 4.93. The van der Waals surface area contributed by atoms with Crippen molar-refractivity contribution in [3.8, 4) is 0 Å². The van der Waals surface area contributed by atoms with Gasteiger partial charge in [-0.15, -0.1) is 0 Å². The number of azide groups is 1. The van der Waals surface area contributed by atoms with E-state index in [1.165, 1.54) is 0 Å². The van der Waals surface area contributed by atoms with Crippen molar-refractivity contribution in [1.29, 1.82) is 0 Å². The molecule has 0 fully saturated rings. The first-order valence-corrected chi connectivity index (χ1v) is 4.29. The second-order valence-electron chi connectivity index (χ2n) is 2.66. The van der Waals surface area contributed by atoms with Gasteiger partial charge in [0.05, 0.1) is 11.2 Å². The van der Waals surface area contributed by atoms with Crippen LogP contribution < -0.4 is 0 Å². The molecule has 0 bridgehead atoms. The maximum atomic E-state index is 8.35. The van der Waals surface area contributed by atoms with Gasteiger partial charge >= 0.3 is 0 Å². The number of hydrogen-bond donors (Lipinski definition) is 0. The fourth-order valence-electron chi connectivity index (χ4n) is 1.25. The highest BCUT2D eigenvalue weighted by Crippen LogP contribution is 2.29. The molecular weight excluding hydrogens is 200 g/mol. The second-order valence-corrected chi connectivity index (χ2v) is 3.06. The van der Waals surface area contributed by atoms with Crippen molar-refractivity contribution in [3.63, 3.8) is 0 Å². The summed E-state index contributed by atoms with van der Waals surface area (Å²) in [6.07, 6.45) is 1.63. The Balaban J connectivity index is 2.88. The van der Waals surface area contributed by atoms with E-state index in [4.69, 9.17) is 17.1 Å². The highest BCUT2D eigenvalue weighted by molar-refractivity contribution is 6.35. The lowest BCUT2D eigenvalue weighted by Crippen LogP contribution is -1.78. The molecule has 0 aliphatic carbocycles. The number of fused-ring (bicyclic) bond motifs is 1. The highest BCUT2D eigenvalue weighted by atomic mass is 35.5. The zero-order chi connectivity index (χ0) is 9.97. The molecule has 1 aromatic heterocycles. The zero-order valence-corrected chi connectivity index (χ0v) is 7.81. The van der Waals surface area contributed by atoms with Gasteiger partial charge in [0.2, 0.25) is 0 Å². The van der Waals surface area contributed by atoms with Gasteiger partial charge in [-0.2, -0.15) is 0 Å². The normalized spacial score (nSPS) is 9.79. The second kappa shape index (κ2) is 3.54. The molecule has 0 saturated carbocycles. The Hall–Kier alpha value is -1.77. The molecule has 14 heavy (non-hydrogen) atoms. The summed E-state index contributed by atoms with van der Waals surface area (Å²) in [4.78, 5) is 6.84. The number of benzene rings is 1. The maximum Gasteiger partial charge on any atom is 0.0812 e. The van der Waals surface area contributed by atoms with Gasteiger partial charge in [-0.3, -0.25) is 4.98 Å². The molecule has 0 unspecified atom stereocenters. The Morgan fingerprint density at radius 1 is 1.36 bits per heavy atom. The van der Waals surface area contributed by atoms with Crippen LogP contribution in [-0.4, -0.2) is 4.98 Å². The van der Waals surface area contributed by atoms with E-state index >= 15 is 0 Å². The van der Waals surface area contributed by atoms with E-state index in [1.807, 2.05) is 6.07 Å². The summed E-state index contributed by atoms with van der Waals surface area (Å²) < 4.78 is 0. The molecule has 1 aromatic carbocycles. The van der Waals surface area contributed by atoms with Gasteiger partial charge in [-0.05, 0) is 29.8 Å². The van der Waals surface area contributed by atoms with Crippen molar-refractivity contribution in [2.45, 2.75) is 0 Å². The SMILES string of the molecule is [N-]=[N+]=Nc1ccc(Cl)c2cccnc12. The van der Waals surface area contributed by atoms with E-state index < -0.39 is 0 Å². The van der Waals surface area contributed by atoms with E-state index in [-0.39, 0.29) is 0 Å². The largest absolute Gasteiger partial charge is 0.256 e. The monoisotopic (exact) mass is 204 g/mol. The van der Waals surface area contributed by atoms with Crippen molar-refractivity contribution >= 4 is 28.2 Å². The van der Waals surface area contributed by atoms with Crippen LogP contribution in [0.3, 0.4) is 0 Å². The van der Waals surface area contributed by atoms with Crippen molar-refractivity contribution in [2.75, 3.05) is 0 Å². The standard InChI is InChI=1S/C9H5ClN4/c10-7-3-4-8(13-14-11)9-6(7)2-1-5-12-9/h1-5H. The van der Waals surface area contributed by atoms with E-state index in [1.54, 1.807) is 24.4 Å². The lowest BCUT2D eigenvalue weighted by Gasteiger charge is -2.01. The summed E-state index contributed by atoms with van der Waals surface area (Å²) in [5.41, 5.74) is 9.46. The van der Waals surface area contributed by atoms with Crippen LogP contribution >= 0.6 is 11.6 Å². The number of rotatable bonds is 1. The quantitative estimate of drug-likeness (QED) is 0.396. The molecular formula is C9H5ClN4. The summed E-state index contributed by atoms with van der Waals surface area (Å²) in [6, 6.07) is 6.96. The third-order valence-electron chi connectivity index (χ3n) is 1.85. The van der Waals surface area contributed by atoms with Crippen LogP contribution in [0.25, 0.3) is 21.3 Å². The van der Waals surface area contributed by atoms with E-state index in [2.05, 4.69) is 15.0 Å². The Labute approximate surface area is 84.8 Å². The average Bonchev–Trinajstić information content (AvgIpc) is 2.23. The van der Waals surface area contributed by atoms with Crippen LogP contribution in [0.2, 0.25) is 5.02 Å². The van der Waals surface area contributed by atoms with Gasteiger partial charge in [0.1, 0.15) is 0 Å². The third kappa shape index (κ3) is 1.37. The molecule has 0 aliphatic rings. The maximum absolute atomic E-state index is 8.35. The molecule has 2 aromatic rings. The summed E-state index contributed by atoms with van der Waals surface area (Å²) >= 11 is 5.95. The molecule has 2 rings (SSSR count). The van der Waals surface area contributed by atoms with E-state index in [9.17, 15) is 0 Å². The summed E-state index contributed by atoms with van der Waals surface area (Å²) in [6.45, 7) is 0. The molecule has 0 atom stereocenters. The van der Waals surface area contributed by atoms with Crippen LogP contribution in [0.15, 0.2) is 35.6 Å². The first-order chi connectivity index (χ1) is 6.83. The number of halogens is 1. The van der Waals surface area contributed by atoms with Crippen molar-refractivity contribution in [3.05, 3.63) is 45.9 Å². The molecule has 0 N–H and O–H groups in total. The van der Waals surface area contributed by atoms with Crippen LogP contribution in [0.5, 0.6) is 0 Å². The predicted molar refractivity (Wildman–Crippen MR) is 55.6 cm³/mol.